The minimum atomic E-state index is -0.973. The lowest BCUT2D eigenvalue weighted by Gasteiger charge is -2.05. The van der Waals surface area contributed by atoms with Crippen molar-refractivity contribution in [2.24, 2.45) is 0 Å². The van der Waals surface area contributed by atoms with Crippen LogP contribution in [0, 0.1) is 0 Å². The Morgan fingerprint density at radius 3 is 2.67 bits per heavy atom. The second-order valence-corrected chi connectivity index (χ2v) is 3.42. The van der Waals surface area contributed by atoms with Crippen LogP contribution in [0.25, 0.3) is 5.57 Å². The summed E-state index contributed by atoms with van der Waals surface area (Å²) in [4.78, 5) is 10.5. The van der Waals surface area contributed by atoms with Crippen molar-refractivity contribution in [1.82, 2.24) is 0 Å². The highest BCUT2D eigenvalue weighted by Gasteiger charge is 2.03. The lowest BCUT2D eigenvalue weighted by atomic mass is 10.1. The van der Waals surface area contributed by atoms with E-state index in [1.54, 1.807) is 25.1 Å². The Labute approximate surface area is 92.9 Å². The molecule has 0 aliphatic rings. The van der Waals surface area contributed by atoms with E-state index in [-0.39, 0.29) is 0 Å². The molecule has 0 radical (unpaired) electrons. The number of ether oxygens (including phenoxy) is 1. The molecule has 0 unspecified atom stereocenters. The molecule has 1 N–H and O–H groups in total. The summed E-state index contributed by atoms with van der Waals surface area (Å²) in [7, 11) is 1.53. The van der Waals surface area contributed by atoms with Gasteiger partial charge in [-0.1, -0.05) is 17.7 Å². The Balaban J connectivity index is 3.07. The molecule has 15 heavy (non-hydrogen) atoms. The van der Waals surface area contributed by atoms with Crippen molar-refractivity contribution < 1.29 is 14.6 Å². The quantitative estimate of drug-likeness (QED) is 0.807. The first-order valence-electron chi connectivity index (χ1n) is 4.29. The van der Waals surface area contributed by atoms with Crippen molar-refractivity contribution in [3.05, 3.63) is 34.9 Å². The molecule has 0 aromatic heterocycles. The van der Waals surface area contributed by atoms with Crippen molar-refractivity contribution in [1.29, 1.82) is 0 Å². The topological polar surface area (TPSA) is 46.5 Å². The van der Waals surface area contributed by atoms with Crippen molar-refractivity contribution in [2.75, 3.05) is 7.11 Å². The Morgan fingerprint density at radius 2 is 2.20 bits per heavy atom. The van der Waals surface area contributed by atoms with Crippen LogP contribution >= 0.6 is 11.6 Å². The molecule has 0 spiro atoms. The highest BCUT2D eigenvalue weighted by atomic mass is 35.5. The normalized spacial score (nSPS) is 11.3. The summed E-state index contributed by atoms with van der Waals surface area (Å²) >= 11 is 5.91. The molecule has 0 amide bonds. The number of hydrogen-bond donors (Lipinski definition) is 1. The molecule has 0 atom stereocenters. The van der Waals surface area contributed by atoms with E-state index in [9.17, 15) is 4.79 Å². The number of carboxylic acids is 1. The van der Waals surface area contributed by atoms with Crippen LogP contribution in [0.2, 0.25) is 5.02 Å². The molecule has 0 heterocycles. The summed E-state index contributed by atoms with van der Waals surface area (Å²) < 4.78 is 4.99. The highest BCUT2D eigenvalue weighted by Crippen LogP contribution is 2.27. The van der Waals surface area contributed by atoms with Crippen LogP contribution in [0.1, 0.15) is 12.5 Å². The minimum absolute atomic E-state index is 0.466. The van der Waals surface area contributed by atoms with Crippen LogP contribution in [0.3, 0.4) is 0 Å². The summed E-state index contributed by atoms with van der Waals surface area (Å²) in [6.07, 6.45) is 1.14. The Hall–Kier alpha value is -1.48. The number of allylic oxidation sites excluding steroid dienone is 1. The minimum Gasteiger partial charge on any atom is -0.495 e. The molecule has 80 valence electrons. The van der Waals surface area contributed by atoms with Gasteiger partial charge in [-0.25, -0.2) is 4.79 Å². The zero-order chi connectivity index (χ0) is 11.4. The number of aliphatic carboxylic acids is 1. The lowest BCUT2D eigenvalue weighted by Crippen LogP contribution is -1.91. The summed E-state index contributed by atoms with van der Waals surface area (Å²) in [6.45, 7) is 1.71. The average molecular weight is 227 g/mol. The van der Waals surface area contributed by atoms with Crippen molar-refractivity contribution in [3.63, 3.8) is 0 Å². The van der Waals surface area contributed by atoms with Crippen LogP contribution in [0.15, 0.2) is 24.3 Å². The molecule has 1 aromatic carbocycles. The number of halogens is 1. The third kappa shape index (κ3) is 2.99. The molecule has 1 aromatic rings. The smallest absolute Gasteiger partial charge is 0.328 e. The maximum absolute atomic E-state index is 10.5. The summed E-state index contributed by atoms with van der Waals surface area (Å²) in [5, 5.41) is 9.05. The third-order valence-electron chi connectivity index (χ3n) is 1.95. The second-order valence-electron chi connectivity index (χ2n) is 3.01. The molecule has 0 saturated heterocycles. The zero-order valence-electron chi connectivity index (χ0n) is 8.45. The Bertz CT molecular complexity index is 410. The number of rotatable bonds is 3. The van der Waals surface area contributed by atoms with E-state index < -0.39 is 5.97 Å². The van der Waals surface area contributed by atoms with Crippen LogP contribution in [-0.4, -0.2) is 18.2 Å². The second kappa shape index (κ2) is 4.84. The highest BCUT2D eigenvalue weighted by molar-refractivity contribution is 6.32. The van der Waals surface area contributed by atoms with Gasteiger partial charge in [-0.3, -0.25) is 0 Å². The molecular formula is C11H11ClO3. The van der Waals surface area contributed by atoms with E-state index in [4.69, 9.17) is 21.4 Å². The number of methoxy groups -OCH3 is 1. The van der Waals surface area contributed by atoms with Crippen LogP contribution in [-0.2, 0) is 4.79 Å². The Kier molecular flexibility index (Phi) is 3.74. The van der Waals surface area contributed by atoms with E-state index in [1.165, 1.54) is 7.11 Å². The monoisotopic (exact) mass is 226 g/mol. The van der Waals surface area contributed by atoms with Gasteiger partial charge in [0.2, 0.25) is 0 Å². The van der Waals surface area contributed by atoms with E-state index in [1.807, 2.05) is 0 Å². The maximum Gasteiger partial charge on any atom is 0.328 e. The maximum atomic E-state index is 10.5. The summed E-state index contributed by atoms with van der Waals surface area (Å²) in [6, 6.07) is 5.14. The lowest BCUT2D eigenvalue weighted by molar-refractivity contribution is -0.131. The van der Waals surface area contributed by atoms with Gasteiger partial charge >= 0.3 is 5.97 Å². The molecule has 3 nitrogen and oxygen atoms in total. The van der Waals surface area contributed by atoms with Gasteiger partial charge in [-0.15, -0.1) is 0 Å². The van der Waals surface area contributed by atoms with E-state index in [0.717, 1.165) is 11.6 Å². The van der Waals surface area contributed by atoms with E-state index in [0.29, 0.717) is 16.3 Å². The number of hydrogen-bond acceptors (Lipinski definition) is 2. The van der Waals surface area contributed by atoms with E-state index in [2.05, 4.69) is 0 Å². The first kappa shape index (κ1) is 11.6. The van der Waals surface area contributed by atoms with Gasteiger partial charge in [0.15, 0.2) is 0 Å². The first-order chi connectivity index (χ1) is 7.04. The van der Waals surface area contributed by atoms with Gasteiger partial charge in [0, 0.05) is 6.08 Å². The predicted molar refractivity (Wildman–Crippen MR) is 59.3 cm³/mol. The molecule has 0 aliphatic heterocycles. The van der Waals surface area contributed by atoms with Gasteiger partial charge in [0.1, 0.15) is 5.75 Å². The fraction of sp³-hybridized carbons (Fsp3) is 0.182. The summed E-state index contributed by atoms with van der Waals surface area (Å²) in [5.41, 5.74) is 1.41. The molecule has 1 rings (SSSR count). The standard InChI is InChI=1S/C11H11ClO3/c1-7(5-11(13)14)8-3-4-10(15-2)9(12)6-8/h3-6H,1-2H3,(H,13,14)/b7-5+. The van der Waals surface area contributed by atoms with Gasteiger partial charge in [0.05, 0.1) is 12.1 Å². The molecule has 0 saturated carbocycles. The van der Waals surface area contributed by atoms with Crippen LogP contribution in [0.4, 0.5) is 0 Å². The number of carboxylic acid groups (broad SMARTS) is 1. The van der Waals surface area contributed by atoms with E-state index >= 15 is 0 Å². The average Bonchev–Trinajstić information content (AvgIpc) is 2.16. The van der Waals surface area contributed by atoms with Gasteiger partial charge in [0.25, 0.3) is 0 Å². The third-order valence-corrected chi connectivity index (χ3v) is 2.24. The van der Waals surface area contributed by atoms with Crippen molar-refractivity contribution in [3.8, 4) is 5.75 Å². The van der Waals surface area contributed by atoms with Crippen LogP contribution < -0.4 is 4.74 Å². The van der Waals surface area contributed by atoms with Crippen molar-refractivity contribution >= 4 is 23.1 Å². The first-order valence-corrected chi connectivity index (χ1v) is 4.67. The largest absolute Gasteiger partial charge is 0.495 e. The fourth-order valence-electron chi connectivity index (χ4n) is 1.18. The summed E-state index contributed by atoms with van der Waals surface area (Å²) in [5.74, 6) is -0.400. The fourth-order valence-corrected chi connectivity index (χ4v) is 1.44. The zero-order valence-corrected chi connectivity index (χ0v) is 9.21. The Morgan fingerprint density at radius 1 is 1.53 bits per heavy atom. The van der Waals surface area contributed by atoms with Gasteiger partial charge in [-0.2, -0.15) is 0 Å². The molecule has 0 aliphatic carbocycles. The molecule has 4 heteroatoms. The van der Waals surface area contributed by atoms with Gasteiger partial charge in [-0.05, 0) is 30.2 Å². The van der Waals surface area contributed by atoms with Crippen molar-refractivity contribution in [2.45, 2.75) is 6.92 Å². The number of carbonyl (C=O) groups is 1. The molecule has 0 fully saturated rings. The SMILES string of the molecule is COc1ccc(/C(C)=C/C(=O)O)cc1Cl. The molecular weight excluding hydrogens is 216 g/mol. The number of benzene rings is 1. The van der Waals surface area contributed by atoms with Crippen LogP contribution in [0.5, 0.6) is 5.75 Å². The van der Waals surface area contributed by atoms with Gasteiger partial charge < -0.3 is 9.84 Å². The molecule has 0 bridgehead atoms. The predicted octanol–water partition coefficient (Wildman–Crippen LogP) is 2.84.